The number of hydrogen-bond donors (Lipinski definition) is 2. The van der Waals surface area contributed by atoms with Crippen molar-refractivity contribution >= 4 is 30.7 Å². The number of nitrogens with two attached hydrogens (primary N) is 1. The molecule has 0 aliphatic carbocycles. The largest absolute Gasteiger partial charge is 0.354 e. The predicted octanol–water partition coefficient (Wildman–Crippen LogP) is 1.57. The summed E-state index contributed by atoms with van der Waals surface area (Å²) in [5.74, 6) is 0.0702. The van der Waals surface area contributed by atoms with Gasteiger partial charge in [-0.3, -0.25) is 9.78 Å². The zero-order valence-corrected chi connectivity index (χ0v) is 12.3. The summed E-state index contributed by atoms with van der Waals surface area (Å²) < 4.78 is 0. The van der Waals surface area contributed by atoms with Crippen LogP contribution in [0.2, 0.25) is 0 Å². The van der Waals surface area contributed by atoms with E-state index in [1.54, 1.807) is 6.20 Å². The number of pyridine rings is 1. The summed E-state index contributed by atoms with van der Waals surface area (Å²) in [6.45, 7) is 4.45. The van der Waals surface area contributed by atoms with E-state index in [0.717, 1.165) is 12.1 Å². The topological polar surface area (TPSA) is 68.0 Å². The molecule has 4 nitrogen and oxygen atoms in total. The molecule has 3 N–H and O–H groups in total. The van der Waals surface area contributed by atoms with Gasteiger partial charge in [-0.25, -0.2) is 0 Å². The van der Waals surface area contributed by atoms with Crippen LogP contribution >= 0.6 is 24.8 Å². The maximum absolute atomic E-state index is 11.5. The summed E-state index contributed by atoms with van der Waals surface area (Å²) >= 11 is 0. The van der Waals surface area contributed by atoms with E-state index in [1.165, 1.54) is 0 Å². The maximum Gasteiger partial charge on any atom is 0.237 e. The average molecular weight is 294 g/mol. The van der Waals surface area contributed by atoms with Crippen LogP contribution in [0.4, 0.5) is 0 Å². The average Bonchev–Trinajstić information content (AvgIpc) is 2.29. The Morgan fingerprint density at radius 3 is 2.56 bits per heavy atom. The predicted molar refractivity (Wildman–Crippen MR) is 78.3 cm³/mol. The first-order valence-electron chi connectivity index (χ1n) is 5.54. The minimum Gasteiger partial charge on any atom is -0.354 e. The molecule has 0 saturated carbocycles. The van der Waals surface area contributed by atoms with E-state index in [1.807, 2.05) is 32.0 Å². The van der Waals surface area contributed by atoms with Gasteiger partial charge < -0.3 is 11.1 Å². The molecule has 0 radical (unpaired) electrons. The van der Waals surface area contributed by atoms with E-state index < -0.39 is 6.04 Å². The van der Waals surface area contributed by atoms with Crippen LogP contribution in [-0.4, -0.2) is 23.5 Å². The maximum atomic E-state index is 11.5. The smallest absolute Gasteiger partial charge is 0.237 e. The molecule has 1 amide bonds. The van der Waals surface area contributed by atoms with Crippen LogP contribution in [0.5, 0.6) is 0 Å². The van der Waals surface area contributed by atoms with Gasteiger partial charge in [0, 0.05) is 24.9 Å². The van der Waals surface area contributed by atoms with E-state index in [-0.39, 0.29) is 36.6 Å². The van der Waals surface area contributed by atoms with Crippen LogP contribution in [0.3, 0.4) is 0 Å². The summed E-state index contributed by atoms with van der Waals surface area (Å²) in [4.78, 5) is 15.7. The van der Waals surface area contributed by atoms with Crippen molar-refractivity contribution in [2.24, 2.45) is 11.7 Å². The molecule has 1 heterocycles. The Bertz CT molecular complexity index is 333. The number of hydrogen-bond acceptors (Lipinski definition) is 3. The molecule has 1 rings (SSSR count). The minimum absolute atomic E-state index is 0. The number of nitrogens with zero attached hydrogens (tertiary/aromatic N) is 1. The lowest BCUT2D eigenvalue weighted by atomic mass is 10.1. The molecule has 104 valence electrons. The van der Waals surface area contributed by atoms with Crippen LogP contribution in [-0.2, 0) is 11.2 Å². The third-order valence-corrected chi connectivity index (χ3v) is 2.43. The van der Waals surface area contributed by atoms with Gasteiger partial charge in [-0.1, -0.05) is 19.9 Å². The van der Waals surface area contributed by atoms with E-state index in [2.05, 4.69) is 10.3 Å². The molecule has 0 aliphatic rings. The van der Waals surface area contributed by atoms with Gasteiger partial charge in [0.15, 0.2) is 0 Å². The number of nitrogens with one attached hydrogen (secondary N) is 1. The monoisotopic (exact) mass is 293 g/mol. The SMILES string of the molecule is CC(C)[C@@H](N)C(=O)NCCc1ccccn1.Cl.Cl. The van der Waals surface area contributed by atoms with Crippen molar-refractivity contribution in [3.05, 3.63) is 30.1 Å². The van der Waals surface area contributed by atoms with Crippen molar-refractivity contribution in [2.75, 3.05) is 6.54 Å². The number of carbonyl (C=O) groups is 1. The lowest BCUT2D eigenvalue weighted by Crippen LogP contribution is -2.44. The standard InChI is InChI=1S/C12H19N3O.2ClH/c1-9(2)11(13)12(16)15-8-6-10-5-3-4-7-14-10;;/h3-5,7,9,11H,6,8,13H2,1-2H3,(H,15,16);2*1H/t11-;;/m1../s1. The number of rotatable bonds is 5. The minimum atomic E-state index is -0.427. The molecule has 0 spiro atoms. The number of aromatic nitrogens is 1. The Morgan fingerprint density at radius 2 is 2.06 bits per heavy atom. The van der Waals surface area contributed by atoms with Gasteiger partial charge in [-0.05, 0) is 18.1 Å². The third kappa shape index (κ3) is 6.79. The Labute approximate surface area is 121 Å². The van der Waals surface area contributed by atoms with Crippen molar-refractivity contribution in [3.63, 3.8) is 0 Å². The summed E-state index contributed by atoms with van der Waals surface area (Å²) in [7, 11) is 0. The van der Waals surface area contributed by atoms with Gasteiger partial charge in [0.25, 0.3) is 0 Å². The van der Waals surface area contributed by atoms with Crippen LogP contribution in [0, 0.1) is 5.92 Å². The molecule has 1 aromatic heterocycles. The second-order valence-electron chi connectivity index (χ2n) is 4.13. The number of amides is 1. The Kier molecular flexibility index (Phi) is 11.0. The Morgan fingerprint density at radius 1 is 1.39 bits per heavy atom. The molecule has 1 aromatic rings. The first-order valence-corrected chi connectivity index (χ1v) is 5.54. The molecule has 18 heavy (non-hydrogen) atoms. The molecule has 0 aromatic carbocycles. The van der Waals surface area contributed by atoms with Crippen molar-refractivity contribution < 1.29 is 4.79 Å². The number of halogens is 2. The summed E-state index contributed by atoms with van der Waals surface area (Å²) in [5, 5.41) is 2.81. The zero-order valence-electron chi connectivity index (χ0n) is 10.6. The van der Waals surface area contributed by atoms with E-state index >= 15 is 0 Å². The highest BCUT2D eigenvalue weighted by Gasteiger charge is 2.16. The highest BCUT2D eigenvalue weighted by atomic mass is 35.5. The van der Waals surface area contributed by atoms with Gasteiger partial charge in [0.05, 0.1) is 6.04 Å². The Balaban J connectivity index is 0. The molecule has 6 heteroatoms. The molecule has 0 fully saturated rings. The molecule has 0 bridgehead atoms. The Hall–Kier alpha value is -0.840. The first-order chi connectivity index (χ1) is 7.61. The molecule has 1 atom stereocenters. The van der Waals surface area contributed by atoms with E-state index in [0.29, 0.717) is 6.54 Å². The lowest BCUT2D eigenvalue weighted by Gasteiger charge is -2.14. The van der Waals surface area contributed by atoms with E-state index in [9.17, 15) is 4.79 Å². The summed E-state index contributed by atoms with van der Waals surface area (Å²) in [5.41, 5.74) is 6.68. The fourth-order valence-corrected chi connectivity index (χ4v) is 1.28. The van der Waals surface area contributed by atoms with Crippen molar-refractivity contribution in [1.29, 1.82) is 0 Å². The van der Waals surface area contributed by atoms with Gasteiger partial charge >= 0.3 is 0 Å². The molecule has 0 saturated heterocycles. The fraction of sp³-hybridized carbons (Fsp3) is 0.500. The van der Waals surface area contributed by atoms with Gasteiger partial charge in [-0.15, -0.1) is 24.8 Å². The second kappa shape index (κ2) is 10.1. The van der Waals surface area contributed by atoms with Crippen LogP contribution in [0.1, 0.15) is 19.5 Å². The molecular formula is C12H21Cl2N3O. The van der Waals surface area contributed by atoms with Crippen LogP contribution in [0.15, 0.2) is 24.4 Å². The van der Waals surface area contributed by atoms with Crippen LogP contribution < -0.4 is 11.1 Å². The summed E-state index contributed by atoms with van der Waals surface area (Å²) in [6, 6.07) is 5.32. The zero-order chi connectivity index (χ0) is 12.0. The van der Waals surface area contributed by atoms with Crippen molar-refractivity contribution in [2.45, 2.75) is 26.3 Å². The highest BCUT2D eigenvalue weighted by Crippen LogP contribution is 1.98. The van der Waals surface area contributed by atoms with Crippen molar-refractivity contribution in [3.8, 4) is 0 Å². The first kappa shape index (κ1) is 19.5. The fourth-order valence-electron chi connectivity index (χ4n) is 1.28. The van der Waals surface area contributed by atoms with Crippen molar-refractivity contribution in [1.82, 2.24) is 10.3 Å². The second-order valence-corrected chi connectivity index (χ2v) is 4.13. The van der Waals surface area contributed by atoms with Crippen LogP contribution in [0.25, 0.3) is 0 Å². The summed E-state index contributed by atoms with van der Waals surface area (Å²) in [6.07, 6.45) is 2.48. The van der Waals surface area contributed by atoms with Gasteiger partial charge in [0.2, 0.25) is 5.91 Å². The normalized spacial score (nSPS) is 11.1. The number of carbonyl (C=O) groups excluding carboxylic acids is 1. The molecule has 0 unspecified atom stereocenters. The quantitative estimate of drug-likeness (QED) is 0.866. The van der Waals surface area contributed by atoms with Gasteiger partial charge in [-0.2, -0.15) is 0 Å². The highest BCUT2D eigenvalue weighted by molar-refractivity contribution is 5.85. The molecule has 0 aliphatic heterocycles. The lowest BCUT2D eigenvalue weighted by molar-refractivity contribution is -0.123. The molecular weight excluding hydrogens is 273 g/mol. The van der Waals surface area contributed by atoms with Gasteiger partial charge in [0.1, 0.15) is 0 Å². The third-order valence-electron chi connectivity index (χ3n) is 2.43. The van der Waals surface area contributed by atoms with E-state index in [4.69, 9.17) is 5.73 Å².